The third-order valence-corrected chi connectivity index (χ3v) is 3.10. The molecule has 2 nitrogen and oxygen atoms in total. The second kappa shape index (κ2) is 6.65. The maximum atomic E-state index is 11.3. The maximum Gasteiger partial charge on any atom is 0.165 e. The summed E-state index contributed by atoms with van der Waals surface area (Å²) in [6, 6.07) is 3.43. The summed E-state index contributed by atoms with van der Waals surface area (Å²) in [5.41, 5.74) is 1.22. The molecule has 0 spiro atoms. The molecule has 0 unspecified atom stereocenters. The van der Waals surface area contributed by atoms with E-state index in [1.807, 2.05) is 0 Å². The lowest BCUT2D eigenvalue weighted by Gasteiger charge is -2.07. The van der Waals surface area contributed by atoms with Gasteiger partial charge in [0.2, 0.25) is 0 Å². The van der Waals surface area contributed by atoms with Gasteiger partial charge in [-0.3, -0.25) is 4.79 Å². The van der Waals surface area contributed by atoms with Gasteiger partial charge in [-0.1, -0.05) is 37.8 Å². The zero-order valence-corrected chi connectivity index (χ0v) is 11.2. The molecule has 0 saturated heterocycles. The van der Waals surface area contributed by atoms with E-state index in [2.05, 4.69) is 6.92 Å². The van der Waals surface area contributed by atoms with Crippen molar-refractivity contribution >= 4 is 17.4 Å². The molecule has 0 aliphatic rings. The molecule has 1 aromatic rings. The monoisotopic (exact) mass is 254 g/mol. The van der Waals surface area contributed by atoms with E-state index in [0.29, 0.717) is 5.02 Å². The highest BCUT2D eigenvalue weighted by atomic mass is 35.5. The van der Waals surface area contributed by atoms with E-state index in [1.165, 1.54) is 26.2 Å². The number of benzene rings is 1. The van der Waals surface area contributed by atoms with Gasteiger partial charge in [0.25, 0.3) is 0 Å². The van der Waals surface area contributed by atoms with E-state index in [0.717, 1.165) is 18.4 Å². The quantitative estimate of drug-likeness (QED) is 0.605. The Morgan fingerprint density at radius 1 is 1.29 bits per heavy atom. The van der Waals surface area contributed by atoms with E-state index in [4.69, 9.17) is 11.6 Å². The molecule has 0 aliphatic heterocycles. The van der Waals surface area contributed by atoms with Crippen LogP contribution in [0, 0.1) is 0 Å². The topological polar surface area (TPSA) is 37.3 Å². The van der Waals surface area contributed by atoms with Gasteiger partial charge in [0.05, 0.1) is 10.6 Å². The number of Topliss-reactive ketones (excluding diaryl/α,β-unsaturated/α-hetero) is 1. The fraction of sp³-hybridized carbons (Fsp3) is 0.500. The average molecular weight is 255 g/mol. The number of aryl methyl sites for hydroxylation is 1. The molecule has 0 heterocycles. The minimum absolute atomic E-state index is 0.00417. The lowest BCUT2D eigenvalue weighted by atomic mass is 10.0. The van der Waals surface area contributed by atoms with Crippen LogP contribution in [0.5, 0.6) is 5.75 Å². The van der Waals surface area contributed by atoms with Crippen LogP contribution in [0.2, 0.25) is 5.02 Å². The number of carbonyl (C=O) groups excluding carboxylic acids is 1. The Balaban J connectivity index is 2.73. The molecular formula is C14H19ClO2. The van der Waals surface area contributed by atoms with Crippen molar-refractivity contribution in [1.29, 1.82) is 0 Å². The predicted molar refractivity (Wildman–Crippen MR) is 71.0 cm³/mol. The van der Waals surface area contributed by atoms with Crippen molar-refractivity contribution < 1.29 is 9.90 Å². The van der Waals surface area contributed by atoms with Crippen molar-refractivity contribution in [1.82, 2.24) is 0 Å². The molecule has 0 atom stereocenters. The van der Waals surface area contributed by atoms with Gasteiger partial charge in [0, 0.05) is 0 Å². The molecule has 0 aliphatic carbocycles. The van der Waals surface area contributed by atoms with Gasteiger partial charge in [-0.25, -0.2) is 0 Å². The SMILES string of the molecule is CCCCCCc1cc(O)c(C(C)=O)c(Cl)c1. The zero-order chi connectivity index (χ0) is 12.8. The molecule has 94 valence electrons. The molecule has 3 heteroatoms. The zero-order valence-electron chi connectivity index (χ0n) is 10.4. The van der Waals surface area contributed by atoms with Gasteiger partial charge < -0.3 is 5.11 Å². The van der Waals surface area contributed by atoms with Crippen LogP contribution in [-0.4, -0.2) is 10.9 Å². The average Bonchev–Trinajstić information content (AvgIpc) is 2.23. The number of unbranched alkanes of at least 4 members (excludes halogenated alkanes) is 3. The molecule has 0 radical (unpaired) electrons. The summed E-state index contributed by atoms with van der Waals surface area (Å²) >= 11 is 5.99. The normalized spacial score (nSPS) is 10.5. The number of hydrogen-bond donors (Lipinski definition) is 1. The molecule has 0 amide bonds. The molecule has 0 fully saturated rings. The summed E-state index contributed by atoms with van der Waals surface area (Å²) in [6.07, 6.45) is 5.60. The van der Waals surface area contributed by atoms with Crippen LogP contribution < -0.4 is 0 Å². The van der Waals surface area contributed by atoms with Crippen LogP contribution in [0.25, 0.3) is 0 Å². The number of halogens is 1. The summed E-state index contributed by atoms with van der Waals surface area (Å²) in [5, 5.41) is 10.1. The van der Waals surface area contributed by atoms with E-state index in [-0.39, 0.29) is 17.1 Å². The van der Waals surface area contributed by atoms with Gasteiger partial charge in [-0.15, -0.1) is 0 Å². The van der Waals surface area contributed by atoms with E-state index < -0.39 is 0 Å². The van der Waals surface area contributed by atoms with Gasteiger partial charge >= 0.3 is 0 Å². The third kappa shape index (κ3) is 4.04. The molecule has 17 heavy (non-hydrogen) atoms. The van der Waals surface area contributed by atoms with Crippen LogP contribution in [0.4, 0.5) is 0 Å². The second-order valence-corrected chi connectivity index (χ2v) is 4.75. The lowest BCUT2D eigenvalue weighted by Crippen LogP contribution is -1.96. The highest BCUT2D eigenvalue weighted by Gasteiger charge is 2.12. The van der Waals surface area contributed by atoms with Gasteiger partial charge in [0.15, 0.2) is 5.78 Å². The largest absolute Gasteiger partial charge is 0.507 e. The Morgan fingerprint density at radius 2 is 2.00 bits per heavy atom. The summed E-state index contributed by atoms with van der Waals surface area (Å²) in [5.74, 6) is -0.208. The molecule has 0 bridgehead atoms. The highest BCUT2D eigenvalue weighted by Crippen LogP contribution is 2.28. The van der Waals surface area contributed by atoms with Crippen molar-refractivity contribution in [2.75, 3.05) is 0 Å². The first-order chi connectivity index (χ1) is 8.06. The van der Waals surface area contributed by atoms with Crippen LogP contribution in [0.1, 0.15) is 55.5 Å². The third-order valence-electron chi connectivity index (χ3n) is 2.80. The number of carbonyl (C=O) groups is 1. The number of ketones is 1. The fourth-order valence-electron chi connectivity index (χ4n) is 1.90. The number of phenolic OH excluding ortho intramolecular Hbond substituents is 1. The smallest absolute Gasteiger partial charge is 0.165 e. The fourth-order valence-corrected chi connectivity index (χ4v) is 2.27. The molecular weight excluding hydrogens is 236 g/mol. The van der Waals surface area contributed by atoms with Gasteiger partial charge in [-0.2, -0.15) is 0 Å². The van der Waals surface area contributed by atoms with Crippen LogP contribution in [0.3, 0.4) is 0 Å². The first-order valence-electron chi connectivity index (χ1n) is 6.08. The Kier molecular flexibility index (Phi) is 5.49. The molecule has 0 saturated carbocycles. The Morgan fingerprint density at radius 3 is 2.53 bits per heavy atom. The molecule has 1 rings (SSSR count). The Bertz CT molecular complexity index is 376. The van der Waals surface area contributed by atoms with E-state index in [1.54, 1.807) is 12.1 Å². The summed E-state index contributed by atoms with van der Waals surface area (Å²) < 4.78 is 0. The molecule has 1 aromatic carbocycles. The van der Waals surface area contributed by atoms with Crippen molar-refractivity contribution in [3.63, 3.8) is 0 Å². The minimum Gasteiger partial charge on any atom is -0.507 e. The second-order valence-electron chi connectivity index (χ2n) is 4.34. The van der Waals surface area contributed by atoms with Crippen molar-refractivity contribution in [3.8, 4) is 5.75 Å². The van der Waals surface area contributed by atoms with Crippen LogP contribution in [-0.2, 0) is 6.42 Å². The summed E-state index contributed by atoms with van der Waals surface area (Å²) in [7, 11) is 0. The maximum absolute atomic E-state index is 11.3. The van der Waals surface area contributed by atoms with Crippen LogP contribution in [0.15, 0.2) is 12.1 Å². The number of phenols is 1. The van der Waals surface area contributed by atoms with Gasteiger partial charge in [-0.05, 0) is 37.5 Å². The Hall–Kier alpha value is -1.02. The molecule has 0 aromatic heterocycles. The summed E-state index contributed by atoms with van der Waals surface area (Å²) in [6.45, 7) is 3.58. The summed E-state index contributed by atoms with van der Waals surface area (Å²) in [4.78, 5) is 11.3. The van der Waals surface area contributed by atoms with Crippen molar-refractivity contribution in [2.24, 2.45) is 0 Å². The van der Waals surface area contributed by atoms with Crippen LogP contribution >= 0.6 is 11.6 Å². The Labute approximate surface area is 108 Å². The standard InChI is InChI=1S/C14H19ClO2/c1-3-4-5-6-7-11-8-12(15)14(10(2)16)13(17)9-11/h8-9,17H,3-7H2,1-2H3. The first kappa shape index (κ1) is 14.0. The number of rotatable bonds is 6. The lowest BCUT2D eigenvalue weighted by molar-refractivity contribution is 0.101. The highest BCUT2D eigenvalue weighted by molar-refractivity contribution is 6.34. The number of aromatic hydroxyl groups is 1. The first-order valence-corrected chi connectivity index (χ1v) is 6.46. The van der Waals surface area contributed by atoms with Crippen molar-refractivity contribution in [3.05, 3.63) is 28.3 Å². The van der Waals surface area contributed by atoms with Crippen molar-refractivity contribution in [2.45, 2.75) is 46.0 Å². The van der Waals surface area contributed by atoms with E-state index >= 15 is 0 Å². The predicted octanol–water partition coefficient (Wildman–Crippen LogP) is 4.37. The molecule has 1 N–H and O–H groups in total. The van der Waals surface area contributed by atoms with E-state index in [9.17, 15) is 9.90 Å². The minimum atomic E-state index is -0.204. The van der Waals surface area contributed by atoms with Gasteiger partial charge in [0.1, 0.15) is 5.75 Å². The number of hydrogen-bond acceptors (Lipinski definition) is 2.